The molecule has 5 nitrogen and oxygen atoms in total. The Bertz CT molecular complexity index is 1200. The first-order chi connectivity index (χ1) is 16.3. The van der Waals surface area contributed by atoms with Crippen LogP contribution in [-0.4, -0.2) is 24.6 Å². The molecule has 0 spiro atoms. The number of nitrogens with zero attached hydrogens (tertiary/aromatic N) is 3. The van der Waals surface area contributed by atoms with Gasteiger partial charge in [0.2, 0.25) is 5.96 Å². The van der Waals surface area contributed by atoms with Crippen LogP contribution in [0.4, 0.5) is 16.2 Å². The Morgan fingerprint density at radius 2 is 1.44 bits per heavy atom. The molecule has 0 N–H and O–H groups in total. The van der Waals surface area contributed by atoms with Gasteiger partial charge < -0.3 is 14.5 Å². The molecule has 0 saturated carbocycles. The summed E-state index contributed by atoms with van der Waals surface area (Å²) in [5.74, 6) is 0.586. The van der Waals surface area contributed by atoms with Crippen molar-refractivity contribution in [3.8, 4) is 0 Å². The number of hydrogen-bond donors (Lipinski definition) is 0. The zero-order chi connectivity index (χ0) is 24.4. The molecule has 0 radical (unpaired) electrons. The van der Waals surface area contributed by atoms with Crippen LogP contribution < -0.4 is 9.80 Å². The molecule has 1 unspecified atom stereocenters. The molecule has 1 amide bonds. The van der Waals surface area contributed by atoms with E-state index >= 15 is 0 Å². The van der Waals surface area contributed by atoms with Crippen LogP contribution in [-0.2, 0) is 11.3 Å². The van der Waals surface area contributed by atoms with E-state index in [0.717, 1.165) is 39.2 Å². The van der Waals surface area contributed by atoms with Gasteiger partial charge in [0.1, 0.15) is 6.61 Å². The van der Waals surface area contributed by atoms with Crippen molar-refractivity contribution >= 4 is 35.0 Å². The summed E-state index contributed by atoms with van der Waals surface area (Å²) < 4.78 is 5.53. The van der Waals surface area contributed by atoms with Gasteiger partial charge >= 0.3 is 6.09 Å². The number of ether oxygens (including phenoxy) is 1. The highest BCUT2D eigenvalue weighted by molar-refractivity contribution is 6.30. The van der Waals surface area contributed by atoms with Crippen LogP contribution in [0.5, 0.6) is 0 Å². The summed E-state index contributed by atoms with van der Waals surface area (Å²) in [5, 5.41) is 0.642. The van der Waals surface area contributed by atoms with E-state index in [2.05, 4.69) is 79.7 Å². The van der Waals surface area contributed by atoms with Gasteiger partial charge in [-0.05, 0) is 74.6 Å². The number of aliphatic imine (C=N–C) groups is 1. The summed E-state index contributed by atoms with van der Waals surface area (Å²) >= 11 is 5.96. The van der Waals surface area contributed by atoms with Gasteiger partial charge in [-0.15, -0.1) is 4.99 Å². The summed E-state index contributed by atoms with van der Waals surface area (Å²) in [5.41, 5.74) is 7.56. The third-order valence-electron chi connectivity index (χ3n) is 6.20. The number of para-hydroxylation sites is 2. The van der Waals surface area contributed by atoms with Crippen molar-refractivity contribution in [2.24, 2.45) is 4.99 Å². The molecule has 4 rings (SSSR count). The normalized spacial score (nSPS) is 16.9. The highest BCUT2D eigenvalue weighted by Gasteiger charge is 2.38. The summed E-state index contributed by atoms with van der Waals surface area (Å²) in [4.78, 5) is 21.8. The lowest BCUT2D eigenvalue weighted by atomic mass is 10.1. The van der Waals surface area contributed by atoms with E-state index in [0.29, 0.717) is 17.5 Å². The molecular weight excluding hydrogens is 446 g/mol. The lowest BCUT2D eigenvalue weighted by Crippen LogP contribution is -2.37. The summed E-state index contributed by atoms with van der Waals surface area (Å²) in [6, 6.07) is 19.8. The second-order valence-electron chi connectivity index (χ2n) is 8.90. The quantitative estimate of drug-likeness (QED) is 0.408. The number of halogens is 1. The van der Waals surface area contributed by atoms with E-state index in [1.165, 1.54) is 0 Å². The molecule has 6 heteroatoms. The van der Waals surface area contributed by atoms with Gasteiger partial charge in [0.15, 0.2) is 0 Å². The van der Waals surface area contributed by atoms with E-state index in [4.69, 9.17) is 16.3 Å². The Kier molecular flexibility index (Phi) is 6.94. The predicted octanol–water partition coefficient (Wildman–Crippen LogP) is 6.98. The number of rotatable bonds is 4. The number of amides is 1. The first-order valence-electron chi connectivity index (χ1n) is 11.5. The Morgan fingerprint density at radius 1 is 0.912 bits per heavy atom. The van der Waals surface area contributed by atoms with Gasteiger partial charge in [-0.3, -0.25) is 0 Å². The number of hydrogen-bond acceptors (Lipinski definition) is 2. The zero-order valence-corrected chi connectivity index (χ0v) is 21.1. The summed E-state index contributed by atoms with van der Waals surface area (Å²) in [6.45, 7) is 11.4. The van der Waals surface area contributed by atoms with Crippen molar-refractivity contribution in [1.29, 1.82) is 0 Å². The standard InChI is InChI=1S/C28H30ClN3O2/c1-18-8-6-9-19(2)25(18)31-16-22(5)32(26-20(3)10-7-11-21(26)4)27(31)30-28(33)34-17-23-12-14-24(29)15-13-23/h6-15,22H,16-17H2,1-5H3. The van der Waals surface area contributed by atoms with Gasteiger partial charge in [-0.1, -0.05) is 60.1 Å². The van der Waals surface area contributed by atoms with Gasteiger partial charge in [-0.2, -0.15) is 0 Å². The van der Waals surface area contributed by atoms with Crippen molar-refractivity contribution in [3.05, 3.63) is 93.5 Å². The Labute approximate surface area is 206 Å². The van der Waals surface area contributed by atoms with E-state index in [1.807, 2.05) is 18.2 Å². The Morgan fingerprint density at radius 3 is 2.00 bits per heavy atom. The third-order valence-corrected chi connectivity index (χ3v) is 6.45. The number of benzene rings is 3. The predicted molar refractivity (Wildman–Crippen MR) is 140 cm³/mol. The lowest BCUT2D eigenvalue weighted by Gasteiger charge is -2.28. The van der Waals surface area contributed by atoms with Crippen molar-refractivity contribution in [2.75, 3.05) is 16.3 Å². The SMILES string of the molecule is Cc1cccc(C)c1N1CC(C)N(c2c(C)cccc2C)C1=NC(=O)OCc1ccc(Cl)cc1. The van der Waals surface area contributed by atoms with Gasteiger partial charge in [0.25, 0.3) is 0 Å². The van der Waals surface area contributed by atoms with Gasteiger partial charge in [0, 0.05) is 22.9 Å². The first-order valence-corrected chi connectivity index (χ1v) is 11.8. The minimum absolute atomic E-state index is 0.113. The highest BCUT2D eigenvalue weighted by atomic mass is 35.5. The maximum Gasteiger partial charge on any atom is 0.437 e. The first kappa shape index (κ1) is 23.8. The molecule has 176 valence electrons. The van der Waals surface area contributed by atoms with Crippen molar-refractivity contribution in [1.82, 2.24) is 0 Å². The van der Waals surface area contributed by atoms with Crippen molar-refractivity contribution < 1.29 is 9.53 Å². The summed E-state index contributed by atoms with van der Waals surface area (Å²) in [6.07, 6.45) is -0.619. The number of carbonyl (C=O) groups excluding carboxylic acids is 1. The average molecular weight is 476 g/mol. The third kappa shape index (κ3) is 4.80. The number of anilines is 2. The molecule has 0 bridgehead atoms. The largest absolute Gasteiger partial charge is 0.443 e. The molecule has 1 heterocycles. The second-order valence-corrected chi connectivity index (χ2v) is 9.34. The molecule has 34 heavy (non-hydrogen) atoms. The Balaban J connectivity index is 1.74. The van der Waals surface area contributed by atoms with Crippen LogP contribution in [0.15, 0.2) is 65.7 Å². The van der Waals surface area contributed by atoms with Gasteiger partial charge in [-0.25, -0.2) is 4.79 Å². The number of guanidine groups is 1. The van der Waals surface area contributed by atoms with Crippen molar-refractivity contribution in [3.63, 3.8) is 0 Å². The average Bonchev–Trinajstić information content (AvgIpc) is 3.08. The van der Waals surface area contributed by atoms with Crippen LogP contribution in [0.25, 0.3) is 0 Å². The molecular formula is C28H30ClN3O2. The summed E-state index contributed by atoms with van der Waals surface area (Å²) in [7, 11) is 0. The molecule has 1 fully saturated rings. The molecule has 1 aliphatic heterocycles. The zero-order valence-electron chi connectivity index (χ0n) is 20.3. The van der Waals surface area contributed by atoms with Crippen LogP contribution >= 0.6 is 11.6 Å². The van der Waals surface area contributed by atoms with Crippen LogP contribution in [0.2, 0.25) is 5.02 Å². The molecule has 3 aromatic carbocycles. The van der Waals surface area contributed by atoms with E-state index in [-0.39, 0.29) is 12.6 Å². The molecule has 1 aliphatic rings. The van der Waals surface area contributed by atoms with E-state index in [1.54, 1.807) is 12.1 Å². The van der Waals surface area contributed by atoms with E-state index in [9.17, 15) is 4.79 Å². The lowest BCUT2D eigenvalue weighted by molar-refractivity contribution is 0.151. The maximum absolute atomic E-state index is 13.0. The molecule has 1 saturated heterocycles. The number of aryl methyl sites for hydroxylation is 4. The van der Waals surface area contributed by atoms with E-state index < -0.39 is 6.09 Å². The fourth-order valence-electron chi connectivity index (χ4n) is 4.64. The topological polar surface area (TPSA) is 45.1 Å². The molecule has 1 atom stereocenters. The minimum Gasteiger partial charge on any atom is -0.443 e. The second kappa shape index (κ2) is 9.90. The smallest absolute Gasteiger partial charge is 0.437 e. The highest BCUT2D eigenvalue weighted by Crippen LogP contribution is 2.35. The minimum atomic E-state index is -0.619. The van der Waals surface area contributed by atoms with Gasteiger partial charge in [0.05, 0.1) is 6.04 Å². The molecule has 0 aliphatic carbocycles. The van der Waals surface area contributed by atoms with Crippen LogP contribution in [0.1, 0.15) is 34.7 Å². The fraction of sp³-hybridized carbons (Fsp3) is 0.286. The maximum atomic E-state index is 13.0. The van der Waals surface area contributed by atoms with Crippen molar-refractivity contribution in [2.45, 2.75) is 47.3 Å². The molecule has 3 aromatic rings. The van der Waals surface area contributed by atoms with Crippen LogP contribution in [0, 0.1) is 27.7 Å². The monoisotopic (exact) mass is 475 g/mol. The number of carbonyl (C=O) groups is 1. The molecule has 0 aromatic heterocycles. The Hall–Kier alpha value is -3.31. The van der Waals surface area contributed by atoms with Crippen LogP contribution in [0.3, 0.4) is 0 Å². The fourth-order valence-corrected chi connectivity index (χ4v) is 4.76.